The zero-order valence-corrected chi connectivity index (χ0v) is 11.3. The third-order valence-corrected chi connectivity index (χ3v) is 3.00. The predicted molar refractivity (Wildman–Crippen MR) is 70.8 cm³/mol. The van der Waals surface area contributed by atoms with E-state index in [1.54, 1.807) is 12.4 Å². The quantitative estimate of drug-likeness (QED) is 0.865. The van der Waals surface area contributed by atoms with Gasteiger partial charge in [-0.25, -0.2) is 0 Å². The average molecular weight is 264 g/mol. The van der Waals surface area contributed by atoms with Crippen LogP contribution >= 0.6 is 11.7 Å². The fraction of sp³-hybridized carbons (Fsp3) is 0.417. The van der Waals surface area contributed by atoms with Gasteiger partial charge in [0, 0.05) is 6.20 Å². The first kappa shape index (κ1) is 12.9. The van der Waals surface area contributed by atoms with Crippen molar-refractivity contribution in [2.24, 2.45) is 0 Å². The molecule has 0 aliphatic heterocycles. The van der Waals surface area contributed by atoms with Crippen molar-refractivity contribution >= 4 is 11.7 Å². The van der Waals surface area contributed by atoms with Gasteiger partial charge >= 0.3 is 0 Å². The minimum atomic E-state index is 0.00132. The van der Waals surface area contributed by atoms with Gasteiger partial charge in [-0.15, -0.1) is 0 Å². The Balaban J connectivity index is 2.20. The molecule has 18 heavy (non-hydrogen) atoms. The third-order valence-electron chi connectivity index (χ3n) is 2.50. The van der Waals surface area contributed by atoms with Crippen LogP contribution in [0.1, 0.15) is 30.6 Å². The van der Waals surface area contributed by atoms with E-state index in [0.717, 1.165) is 23.4 Å². The van der Waals surface area contributed by atoms with Gasteiger partial charge in [-0.1, -0.05) is 6.92 Å². The van der Waals surface area contributed by atoms with Gasteiger partial charge in [-0.05, 0) is 25.1 Å². The molecule has 0 fully saturated rings. The Morgan fingerprint density at radius 1 is 1.39 bits per heavy atom. The summed E-state index contributed by atoms with van der Waals surface area (Å²) in [6.07, 6.45) is 6.30. The summed E-state index contributed by atoms with van der Waals surface area (Å²) >= 11 is 1.20. The summed E-state index contributed by atoms with van der Waals surface area (Å²) in [5.74, 6) is 0.790. The lowest BCUT2D eigenvalue weighted by molar-refractivity contribution is 0.315. The van der Waals surface area contributed by atoms with E-state index in [2.05, 4.69) is 26.0 Å². The molecule has 0 bridgehead atoms. The topological polar surface area (TPSA) is 59.9 Å². The highest BCUT2D eigenvalue weighted by Crippen LogP contribution is 2.22. The molecule has 1 unspecified atom stereocenters. The summed E-state index contributed by atoms with van der Waals surface area (Å²) in [5.41, 5.74) is 1.93. The van der Waals surface area contributed by atoms with Crippen molar-refractivity contribution in [3.8, 4) is 5.75 Å². The Bertz CT molecular complexity index is 475. The molecular weight excluding hydrogens is 248 g/mol. The zero-order chi connectivity index (χ0) is 12.8. The number of nitrogens with zero attached hydrogens (tertiary/aromatic N) is 3. The van der Waals surface area contributed by atoms with Crippen molar-refractivity contribution in [3.05, 3.63) is 35.9 Å². The first-order valence-electron chi connectivity index (χ1n) is 5.87. The molecule has 2 aromatic rings. The number of pyridine rings is 1. The van der Waals surface area contributed by atoms with Crippen molar-refractivity contribution in [3.63, 3.8) is 0 Å². The Morgan fingerprint density at radius 3 is 2.94 bits per heavy atom. The maximum absolute atomic E-state index is 5.58. The van der Waals surface area contributed by atoms with Crippen LogP contribution in [0.5, 0.6) is 5.75 Å². The molecule has 0 saturated heterocycles. The van der Waals surface area contributed by atoms with Gasteiger partial charge in [0.25, 0.3) is 0 Å². The minimum absolute atomic E-state index is 0.00132. The van der Waals surface area contributed by atoms with Crippen LogP contribution in [-0.2, 0) is 0 Å². The lowest BCUT2D eigenvalue weighted by atomic mass is 10.1. The normalized spacial score (nSPS) is 12.3. The summed E-state index contributed by atoms with van der Waals surface area (Å²) < 4.78 is 13.9. The molecule has 1 atom stereocenters. The second-order valence-electron chi connectivity index (χ2n) is 3.86. The van der Waals surface area contributed by atoms with Gasteiger partial charge in [0.2, 0.25) is 0 Å². The Hall–Kier alpha value is -1.53. The molecule has 0 aliphatic rings. The standard InChI is InChI=1S/C12H16N4OS/c1-3-4-17-10-5-9(6-14-7-10)12(13-2)11-8-15-18-16-11/h5-8,12-13H,3-4H2,1-2H3. The smallest absolute Gasteiger partial charge is 0.137 e. The van der Waals surface area contributed by atoms with Crippen LogP contribution < -0.4 is 10.1 Å². The monoisotopic (exact) mass is 264 g/mol. The fourth-order valence-corrected chi connectivity index (χ4v) is 2.13. The molecule has 0 amide bonds. The lowest BCUT2D eigenvalue weighted by Gasteiger charge is -2.14. The van der Waals surface area contributed by atoms with E-state index in [4.69, 9.17) is 4.74 Å². The number of aromatic nitrogens is 3. The zero-order valence-electron chi connectivity index (χ0n) is 10.5. The van der Waals surface area contributed by atoms with Crippen LogP contribution in [0.25, 0.3) is 0 Å². The van der Waals surface area contributed by atoms with E-state index < -0.39 is 0 Å². The lowest BCUT2D eigenvalue weighted by Crippen LogP contribution is -2.18. The number of nitrogens with one attached hydrogen (secondary N) is 1. The molecule has 2 heterocycles. The highest BCUT2D eigenvalue weighted by Gasteiger charge is 2.15. The van der Waals surface area contributed by atoms with Crippen LogP contribution in [-0.4, -0.2) is 27.4 Å². The summed E-state index contributed by atoms with van der Waals surface area (Å²) in [6, 6.07) is 1.99. The molecule has 0 radical (unpaired) electrons. The molecule has 0 aliphatic carbocycles. The highest BCUT2D eigenvalue weighted by molar-refractivity contribution is 6.99. The van der Waals surface area contributed by atoms with E-state index in [-0.39, 0.29) is 6.04 Å². The van der Waals surface area contributed by atoms with Crippen molar-refractivity contribution < 1.29 is 4.74 Å². The molecule has 2 aromatic heterocycles. The number of hydrogen-bond donors (Lipinski definition) is 1. The van der Waals surface area contributed by atoms with Crippen molar-refractivity contribution in [1.29, 1.82) is 0 Å². The van der Waals surface area contributed by atoms with Crippen LogP contribution in [0.15, 0.2) is 24.7 Å². The van der Waals surface area contributed by atoms with Gasteiger partial charge < -0.3 is 10.1 Å². The second-order valence-corrected chi connectivity index (χ2v) is 4.41. The molecule has 0 aromatic carbocycles. The van der Waals surface area contributed by atoms with Crippen molar-refractivity contribution in [1.82, 2.24) is 19.0 Å². The van der Waals surface area contributed by atoms with E-state index >= 15 is 0 Å². The summed E-state index contributed by atoms with van der Waals surface area (Å²) in [7, 11) is 1.89. The van der Waals surface area contributed by atoms with Crippen molar-refractivity contribution in [2.45, 2.75) is 19.4 Å². The Morgan fingerprint density at radius 2 is 2.28 bits per heavy atom. The third kappa shape index (κ3) is 3.02. The first-order chi connectivity index (χ1) is 8.85. The molecular formula is C12H16N4OS. The summed E-state index contributed by atoms with van der Waals surface area (Å²) in [6.45, 7) is 2.78. The highest BCUT2D eigenvalue weighted by atomic mass is 32.1. The molecule has 96 valence electrons. The number of hydrogen-bond acceptors (Lipinski definition) is 6. The molecule has 5 nitrogen and oxygen atoms in total. The Kier molecular flexibility index (Phi) is 4.60. The van der Waals surface area contributed by atoms with Crippen LogP contribution in [0.4, 0.5) is 0 Å². The largest absolute Gasteiger partial charge is 0.492 e. The van der Waals surface area contributed by atoms with Crippen LogP contribution in [0, 0.1) is 0 Å². The molecule has 6 heteroatoms. The van der Waals surface area contributed by atoms with Gasteiger partial charge in [-0.2, -0.15) is 8.75 Å². The fourth-order valence-electron chi connectivity index (χ4n) is 1.68. The second kappa shape index (κ2) is 6.42. The van der Waals surface area contributed by atoms with Gasteiger partial charge in [0.1, 0.15) is 5.75 Å². The SMILES string of the molecule is CCCOc1cncc(C(NC)c2cnsn2)c1. The molecule has 0 saturated carbocycles. The average Bonchev–Trinajstić information content (AvgIpc) is 2.92. The molecule has 1 N–H and O–H groups in total. The first-order valence-corrected chi connectivity index (χ1v) is 6.60. The predicted octanol–water partition coefficient (Wildman–Crippen LogP) is 2.03. The minimum Gasteiger partial charge on any atom is -0.492 e. The summed E-state index contributed by atoms with van der Waals surface area (Å²) in [5, 5.41) is 3.21. The number of rotatable bonds is 6. The van der Waals surface area contributed by atoms with Crippen LogP contribution in [0.2, 0.25) is 0 Å². The van der Waals surface area contributed by atoms with Gasteiger partial charge in [0.05, 0.1) is 42.5 Å². The molecule has 2 rings (SSSR count). The van der Waals surface area contributed by atoms with E-state index in [1.165, 1.54) is 11.7 Å². The molecule has 0 spiro atoms. The van der Waals surface area contributed by atoms with Crippen molar-refractivity contribution in [2.75, 3.05) is 13.7 Å². The van der Waals surface area contributed by atoms with Gasteiger partial charge in [0.15, 0.2) is 0 Å². The maximum Gasteiger partial charge on any atom is 0.137 e. The number of ether oxygens (including phenoxy) is 1. The van der Waals surface area contributed by atoms with Crippen LogP contribution in [0.3, 0.4) is 0 Å². The maximum atomic E-state index is 5.58. The Labute approximate surface area is 111 Å². The summed E-state index contributed by atoms with van der Waals surface area (Å²) in [4.78, 5) is 4.21. The van der Waals surface area contributed by atoms with E-state index in [9.17, 15) is 0 Å². The van der Waals surface area contributed by atoms with E-state index in [0.29, 0.717) is 6.61 Å². The van der Waals surface area contributed by atoms with E-state index in [1.807, 2.05) is 19.3 Å². The van der Waals surface area contributed by atoms with Gasteiger partial charge in [-0.3, -0.25) is 4.98 Å².